The van der Waals surface area contributed by atoms with Crippen LogP contribution in [0.2, 0.25) is 0 Å². The molecule has 1 unspecified atom stereocenters. The second-order valence-corrected chi connectivity index (χ2v) is 8.38. The Labute approximate surface area is 161 Å². The van der Waals surface area contributed by atoms with Crippen LogP contribution in [0.25, 0.3) is 0 Å². The molecule has 6 nitrogen and oxygen atoms in total. The fourth-order valence-electron chi connectivity index (χ4n) is 2.51. The predicted molar refractivity (Wildman–Crippen MR) is 106 cm³/mol. The molecule has 1 aliphatic rings. The minimum Gasteiger partial charge on any atom is -0.340 e. The number of aryl methyl sites for hydroxylation is 1. The minimum atomic E-state index is -0.608. The summed E-state index contributed by atoms with van der Waals surface area (Å²) in [5.41, 5.74) is 1.56. The van der Waals surface area contributed by atoms with E-state index in [2.05, 4.69) is 20.8 Å². The summed E-state index contributed by atoms with van der Waals surface area (Å²) in [5, 5.41) is 15.3. The lowest BCUT2D eigenvalue weighted by Crippen LogP contribution is -2.44. The van der Waals surface area contributed by atoms with E-state index in [1.54, 1.807) is 17.8 Å². The van der Waals surface area contributed by atoms with Crippen molar-refractivity contribution in [1.82, 2.24) is 15.5 Å². The maximum absolute atomic E-state index is 12.7. The smallest absolute Gasteiger partial charge is 0.251 e. The second kappa shape index (κ2) is 8.64. The standard InChI is InChI=1S/C18H22N4O2S2/c1-11-4-3-5-13(10-11)15(23)19-14(8-9-25-2)16(24)20-18-22-21-17(26-18)12-6-7-12/h3-5,10,12,14H,6-9H2,1-2H3,(H,19,23)(H,20,22,24). The number of carbonyl (C=O) groups excluding carboxylic acids is 2. The van der Waals surface area contributed by atoms with Gasteiger partial charge in [0.25, 0.3) is 5.91 Å². The van der Waals surface area contributed by atoms with Crippen molar-refractivity contribution >= 4 is 40.0 Å². The average molecular weight is 391 g/mol. The van der Waals surface area contributed by atoms with Crippen LogP contribution in [0.4, 0.5) is 5.13 Å². The molecule has 0 radical (unpaired) electrons. The first-order valence-corrected chi connectivity index (χ1v) is 10.8. The number of aromatic nitrogens is 2. The van der Waals surface area contributed by atoms with Crippen molar-refractivity contribution in [3.63, 3.8) is 0 Å². The number of hydrogen-bond acceptors (Lipinski definition) is 6. The van der Waals surface area contributed by atoms with Crippen LogP contribution < -0.4 is 10.6 Å². The predicted octanol–water partition coefficient (Wildman–Crippen LogP) is 3.21. The summed E-state index contributed by atoms with van der Waals surface area (Å²) in [6.07, 6.45) is 4.82. The summed E-state index contributed by atoms with van der Waals surface area (Å²) in [6.45, 7) is 1.93. The first-order valence-electron chi connectivity index (χ1n) is 8.57. The van der Waals surface area contributed by atoms with E-state index >= 15 is 0 Å². The first kappa shape index (κ1) is 18.8. The lowest BCUT2D eigenvalue weighted by Gasteiger charge is -2.17. The largest absolute Gasteiger partial charge is 0.340 e. The number of hydrogen-bond donors (Lipinski definition) is 2. The molecule has 0 spiro atoms. The maximum atomic E-state index is 12.7. The van der Waals surface area contributed by atoms with Gasteiger partial charge in [0.15, 0.2) is 0 Å². The van der Waals surface area contributed by atoms with Crippen molar-refractivity contribution in [3.8, 4) is 0 Å². The van der Waals surface area contributed by atoms with Gasteiger partial charge in [-0.05, 0) is 50.3 Å². The van der Waals surface area contributed by atoms with E-state index in [4.69, 9.17) is 0 Å². The van der Waals surface area contributed by atoms with Crippen molar-refractivity contribution in [2.24, 2.45) is 0 Å². The Kier molecular flexibility index (Phi) is 6.26. The fraction of sp³-hybridized carbons (Fsp3) is 0.444. The number of rotatable bonds is 8. The molecule has 1 heterocycles. The number of anilines is 1. The average Bonchev–Trinajstić information content (AvgIpc) is 3.38. The third-order valence-electron chi connectivity index (χ3n) is 4.11. The number of carbonyl (C=O) groups is 2. The Bertz CT molecular complexity index is 789. The molecule has 2 aromatic rings. The van der Waals surface area contributed by atoms with Crippen LogP contribution in [0.15, 0.2) is 24.3 Å². The van der Waals surface area contributed by atoms with Crippen molar-refractivity contribution in [2.75, 3.05) is 17.3 Å². The highest BCUT2D eigenvalue weighted by Crippen LogP contribution is 2.42. The van der Waals surface area contributed by atoms with Crippen molar-refractivity contribution in [3.05, 3.63) is 40.4 Å². The van der Waals surface area contributed by atoms with Gasteiger partial charge in [0.2, 0.25) is 11.0 Å². The van der Waals surface area contributed by atoms with Gasteiger partial charge in [-0.1, -0.05) is 29.0 Å². The molecule has 0 bridgehead atoms. The van der Waals surface area contributed by atoms with E-state index in [1.165, 1.54) is 11.3 Å². The van der Waals surface area contributed by atoms with Crippen LogP contribution in [0, 0.1) is 6.92 Å². The summed E-state index contributed by atoms with van der Waals surface area (Å²) in [5.74, 6) is 0.784. The van der Waals surface area contributed by atoms with Gasteiger partial charge in [-0.3, -0.25) is 14.9 Å². The molecular formula is C18H22N4O2S2. The van der Waals surface area contributed by atoms with Gasteiger partial charge in [-0.2, -0.15) is 11.8 Å². The maximum Gasteiger partial charge on any atom is 0.251 e. The molecule has 2 amide bonds. The lowest BCUT2D eigenvalue weighted by atomic mass is 10.1. The third-order valence-corrected chi connectivity index (χ3v) is 5.76. The van der Waals surface area contributed by atoms with Crippen LogP contribution in [-0.2, 0) is 4.79 Å². The molecule has 26 heavy (non-hydrogen) atoms. The van der Waals surface area contributed by atoms with E-state index in [0.717, 1.165) is 29.2 Å². The zero-order valence-electron chi connectivity index (χ0n) is 14.8. The molecule has 8 heteroatoms. The van der Waals surface area contributed by atoms with Gasteiger partial charge in [-0.15, -0.1) is 10.2 Å². The third kappa shape index (κ3) is 5.04. The molecule has 1 aliphatic carbocycles. The summed E-state index contributed by atoms with van der Waals surface area (Å²) in [6, 6.07) is 6.72. The molecule has 138 valence electrons. The molecule has 1 aromatic heterocycles. The number of nitrogens with one attached hydrogen (secondary N) is 2. The second-order valence-electron chi connectivity index (χ2n) is 6.39. The summed E-state index contributed by atoms with van der Waals surface area (Å²) < 4.78 is 0. The topological polar surface area (TPSA) is 84.0 Å². The number of nitrogens with zero attached hydrogens (tertiary/aromatic N) is 2. The van der Waals surface area contributed by atoms with E-state index in [1.807, 2.05) is 31.4 Å². The number of benzene rings is 1. The zero-order chi connectivity index (χ0) is 18.5. The number of amides is 2. The quantitative estimate of drug-likeness (QED) is 0.723. The van der Waals surface area contributed by atoms with Crippen LogP contribution >= 0.6 is 23.1 Å². The van der Waals surface area contributed by atoms with Gasteiger partial charge in [-0.25, -0.2) is 0 Å². The van der Waals surface area contributed by atoms with Crippen LogP contribution in [0.1, 0.15) is 46.1 Å². The number of thioether (sulfide) groups is 1. The van der Waals surface area contributed by atoms with E-state index in [0.29, 0.717) is 23.0 Å². The normalized spacial score (nSPS) is 14.7. The highest BCUT2D eigenvalue weighted by atomic mass is 32.2. The van der Waals surface area contributed by atoms with Gasteiger partial charge < -0.3 is 5.32 Å². The van der Waals surface area contributed by atoms with Gasteiger partial charge in [0.05, 0.1) is 0 Å². The Hall–Kier alpha value is -1.93. The van der Waals surface area contributed by atoms with Crippen LogP contribution in [0.5, 0.6) is 0 Å². The van der Waals surface area contributed by atoms with Crippen molar-refractivity contribution < 1.29 is 9.59 Å². The van der Waals surface area contributed by atoms with E-state index < -0.39 is 6.04 Å². The molecule has 2 N–H and O–H groups in total. The molecule has 0 saturated heterocycles. The van der Waals surface area contributed by atoms with Gasteiger partial charge >= 0.3 is 0 Å². The van der Waals surface area contributed by atoms with Gasteiger partial charge in [0.1, 0.15) is 11.0 Å². The monoisotopic (exact) mass is 390 g/mol. The summed E-state index contributed by atoms with van der Waals surface area (Å²) in [4.78, 5) is 25.2. The molecule has 1 aromatic carbocycles. The Morgan fingerprint density at radius 1 is 1.35 bits per heavy atom. The Morgan fingerprint density at radius 3 is 2.85 bits per heavy atom. The molecule has 3 rings (SSSR count). The van der Waals surface area contributed by atoms with Crippen LogP contribution in [0.3, 0.4) is 0 Å². The minimum absolute atomic E-state index is 0.245. The highest BCUT2D eigenvalue weighted by molar-refractivity contribution is 7.98. The molecule has 1 atom stereocenters. The SMILES string of the molecule is CSCCC(NC(=O)c1cccc(C)c1)C(=O)Nc1nnc(C2CC2)s1. The zero-order valence-corrected chi connectivity index (χ0v) is 16.5. The molecule has 1 fully saturated rings. The summed E-state index contributed by atoms with van der Waals surface area (Å²) >= 11 is 3.06. The highest BCUT2D eigenvalue weighted by Gasteiger charge is 2.28. The van der Waals surface area contributed by atoms with Crippen molar-refractivity contribution in [2.45, 2.75) is 38.1 Å². The van der Waals surface area contributed by atoms with Gasteiger partial charge in [0, 0.05) is 11.5 Å². The molecular weight excluding hydrogens is 368 g/mol. The summed E-state index contributed by atoms with van der Waals surface area (Å²) in [7, 11) is 0. The van der Waals surface area contributed by atoms with E-state index in [-0.39, 0.29) is 11.8 Å². The lowest BCUT2D eigenvalue weighted by molar-refractivity contribution is -0.118. The fourth-order valence-corrected chi connectivity index (χ4v) is 3.89. The van der Waals surface area contributed by atoms with Crippen molar-refractivity contribution in [1.29, 1.82) is 0 Å². The van der Waals surface area contributed by atoms with E-state index in [9.17, 15) is 9.59 Å². The molecule has 0 aliphatic heterocycles. The Balaban J connectivity index is 1.65. The van der Waals surface area contributed by atoms with Crippen LogP contribution in [-0.4, -0.2) is 40.1 Å². The first-order chi connectivity index (χ1) is 12.6. The molecule has 1 saturated carbocycles. The Morgan fingerprint density at radius 2 is 2.15 bits per heavy atom.